The normalized spacial score (nSPS) is 14.9. The number of hydrogen-bond acceptors (Lipinski definition) is 5. The average Bonchev–Trinajstić information content (AvgIpc) is 3.10. The Labute approximate surface area is 139 Å². The molecular formula is C14H13BrN4S2. The fraction of sp³-hybridized carbons (Fsp3) is 0.286. The number of imidazole rings is 1. The van der Waals surface area contributed by atoms with Gasteiger partial charge >= 0.3 is 0 Å². The van der Waals surface area contributed by atoms with E-state index in [0.717, 1.165) is 26.0 Å². The molecule has 0 atom stereocenters. The lowest BCUT2D eigenvalue weighted by molar-refractivity contribution is 0.661. The zero-order valence-corrected chi connectivity index (χ0v) is 14.3. The number of nitrogens with one attached hydrogen (secondary N) is 1. The Morgan fingerprint density at radius 3 is 3.10 bits per heavy atom. The van der Waals surface area contributed by atoms with Gasteiger partial charge in [-0.05, 0) is 52.7 Å². The van der Waals surface area contributed by atoms with Crippen molar-refractivity contribution in [2.75, 3.05) is 0 Å². The zero-order valence-electron chi connectivity index (χ0n) is 11.1. The molecule has 1 aliphatic carbocycles. The standard InChI is InChI=1S/C14H13BrN4S2/c15-9-1-4-12(17-7-9)21-13-11(8-16-10-2-3-10)19-5-6-20-14(19)18-13/h1,4-7,10,16H,2-3,8H2. The molecule has 108 valence electrons. The largest absolute Gasteiger partial charge is 0.308 e. The van der Waals surface area contributed by atoms with Crippen LogP contribution in [0.4, 0.5) is 0 Å². The lowest BCUT2D eigenvalue weighted by Crippen LogP contribution is -2.16. The van der Waals surface area contributed by atoms with Crippen LogP contribution in [-0.2, 0) is 6.54 Å². The maximum absolute atomic E-state index is 4.74. The number of halogens is 1. The van der Waals surface area contributed by atoms with Gasteiger partial charge in [-0.2, -0.15) is 0 Å². The van der Waals surface area contributed by atoms with E-state index in [1.807, 2.05) is 18.3 Å². The van der Waals surface area contributed by atoms with Gasteiger partial charge in [0.25, 0.3) is 0 Å². The van der Waals surface area contributed by atoms with Crippen LogP contribution in [-0.4, -0.2) is 20.4 Å². The summed E-state index contributed by atoms with van der Waals surface area (Å²) >= 11 is 6.71. The first-order valence-electron chi connectivity index (χ1n) is 6.77. The van der Waals surface area contributed by atoms with Gasteiger partial charge < -0.3 is 5.32 Å². The second-order valence-electron chi connectivity index (χ2n) is 4.99. The second kappa shape index (κ2) is 5.72. The minimum Gasteiger partial charge on any atom is -0.308 e. The molecule has 0 radical (unpaired) electrons. The predicted molar refractivity (Wildman–Crippen MR) is 89.0 cm³/mol. The van der Waals surface area contributed by atoms with E-state index >= 15 is 0 Å². The van der Waals surface area contributed by atoms with Crippen LogP contribution in [0.2, 0.25) is 0 Å². The molecule has 3 heterocycles. The Balaban J connectivity index is 1.64. The van der Waals surface area contributed by atoms with Crippen molar-refractivity contribution in [3.63, 3.8) is 0 Å². The van der Waals surface area contributed by atoms with Gasteiger partial charge in [0.1, 0.15) is 10.1 Å². The molecule has 1 aliphatic rings. The topological polar surface area (TPSA) is 42.2 Å². The van der Waals surface area contributed by atoms with Crippen molar-refractivity contribution in [2.24, 2.45) is 0 Å². The van der Waals surface area contributed by atoms with Crippen LogP contribution in [0.3, 0.4) is 0 Å². The van der Waals surface area contributed by atoms with Crippen molar-refractivity contribution in [3.8, 4) is 0 Å². The van der Waals surface area contributed by atoms with Gasteiger partial charge in [0, 0.05) is 34.8 Å². The Morgan fingerprint density at radius 1 is 1.43 bits per heavy atom. The van der Waals surface area contributed by atoms with Gasteiger partial charge in [0.2, 0.25) is 0 Å². The van der Waals surface area contributed by atoms with E-state index in [1.54, 1.807) is 23.1 Å². The lowest BCUT2D eigenvalue weighted by Gasteiger charge is -2.05. The van der Waals surface area contributed by atoms with Crippen molar-refractivity contribution in [2.45, 2.75) is 35.5 Å². The summed E-state index contributed by atoms with van der Waals surface area (Å²) in [6.07, 6.45) is 6.50. The monoisotopic (exact) mass is 380 g/mol. The third kappa shape index (κ3) is 3.01. The maximum Gasteiger partial charge on any atom is 0.194 e. The Kier molecular flexibility index (Phi) is 3.74. The number of nitrogens with zero attached hydrogens (tertiary/aromatic N) is 3. The van der Waals surface area contributed by atoms with Gasteiger partial charge in [-0.25, -0.2) is 9.97 Å². The number of rotatable bonds is 5. The number of thiazole rings is 1. The quantitative estimate of drug-likeness (QED) is 0.727. The number of fused-ring (bicyclic) bond motifs is 1. The fourth-order valence-electron chi connectivity index (χ4n) is 2.11. The summed E-state index contributed by atoms with van der Waals surface area (Å²) in [6, 6.07) is 4.72. The lowest BCUT2D eigenvalue weighted by atomic mass is 10.4. The maximum atomic E-state index is 4.74. The van der Waals surface area contributed by atoms with Crippen LogP contribution in [0.5, 0.6) is 0 Å². The highest BCUT2D eigenvalue weighted by Gasteiger charge is 2.22. The molecule has 0 spiro atoms. The predicted octanol–water partition coefficient (Wildman–Crippen LogP) is 3.96. The van der Waals surface area contributed by atoms with Gasteiger partial charge in [-0.1, -0.05) is 0 Å². The molecule has 7 heteroatoms. The van der Waals surface area contributed by atoms with Crippen molar-refractivity contribution in [1.29, 1.82) is 0 Å². The van der Waals surface area contributed by atoms with Gasteiger partial charge in [0.05, 0.1) is 5.69 Å². The van der Waals surface area contributed by atoms with Crippen LogP contribution in [0.25, 0.3) is 4.96 Å². The third-order valence-electron chi connectivity index (χ3n) is 3.36. The van der Waals surface area contributed by atoms with E-state index in [1.165, 1.54) is 18.5 Å². The SMILES string of the molecule is Brc1ccc(Sc2nc3sccn3c2CNC2CC2)nc1. The molecule has 0 saturated heterocycles. The highest BCUT2D eigenvalue weighted by atomic mass is 79.9. The first-order chi connectivity index (χ1) is 10.3. The third-order valence-corrected chi connectivity index (χ3v) is 5.56. The summed E-state index contributed by atoms with van der Waals surface area (Å²) in [7, 11) is 0. The van der Waals surface area contributed by atoms with E-state index in [4.69, 9.17) is 4.98 Å². The van der Waals surface area contributed by atoms with Gasteiger partial charge in [0.15, 0.2) is 4.96 Å². The Morgan fingerprint density at radius 2 is 2.33 bits per heavy atom. The summed E-state index contributed by atoms with van der Waals surface area (Å²) in [6.45, 7) is 0.863. The van der Waals surface area contributed by atoms with E-state index in [9.17, 15) is 0 Å². The fourth-order valence-corrected chi connectivity index (χ4v) is 3.99. The number of hydrogen-bond donors (Lipinski definition) is 1. The van der Waals surface area contributed by atoms with Gasteiger partial charge in [-0.15, -0.1) is 11.3 Å². The molecule has 0 aromatic carbocycles. The summed E-state index contributed by atoms with van der Waals surface area (Å²) in [5.41, 5.74) is 1.23. The highest BCUT2D eigenvalue weighted by Crippen LogP contribution is 2.31. The second-order valence-corrected chi connectivity index (χ2v) is 7.79. The molecule has 1 N–H and O–H groups in total. The molecule has 4 rings (SSSR count). The van der Waals surface area contributed by atoms with E-state index < -0.39 is 0 Å². The molecule has 21 heavy (non-hydrogen) atoms. The molecule has 3 aromatic heterocycles. The summed E-state index contributed by atoms with van der Waals surface area (Å²) in [5.74, 6) is 0. The molecule has 0 amide bonds. The van der Waals surface area contributed by atoms with Gasteiger partial charge in [-0.3, -0.25) is 4.40 Å². The van der Waals surface area contributed by atoms with Crippen molar-refractivity contribution >= 4 is 44.0 Å². The van der Waals surface area contributed by atoms with E-state index in [-0.39, 0.29) is 0 Å². The van der Waals surface area contributed by atoms with Crippen LogP contribution in [0, 0.1) is 0 Å². The number of pyridine rings is 1. The van der Waals surface area contributed by atoms with Crippen molar-refractivity contribution < 1.29 is 0 Å². The Hall–Kier alpha value is -0.890. The molecule has 0 aliphatic heterocycles. The summed E-state index contributed by atoms with van der Waals surface area (Å²) < 4.78 is 3.18. The van der Waals surface area contributed by atoms with E-state index in [2.05, 4.69) is 42.2 Å². The first-order valence-corrected chi connectivity index (χ1v) is 9.26. The van der Waals surface area contributed by atoms with Crippen molar-refractivity contribution in [3.05, 3.63) is 40.1 Å². The van der Waals surface area contributed by atoms with E-state index in [0.29, 0.717) is 6.04 Å². The average molecular weight is 381 g/mol. The van der Waals surface area contributed by atoms with Crippen molar-refractivity contribution in [1.82, 2.24) is 19.7 Å². The highest BCUT2D eigenvalue weighted by molar-refractivity contribution is 9.10. The molecule has 1 fully saturated rings. The minimum absolute atomic E-state index is 0.692. The minimum atomic E-state index is 0.692. The van der Waals surface area contributed by atoms with Crippen LogP contribution in [0.15, 0.2) is 44.4 Å². The zero-order chi connectivity index (χ0) is 14.2. The molecule has 3 aromatic rings. The molecule has 1 saturated carbocycles. The summed E-state index contributed by atoms with van der Waals surface area (Å²) in [4.78, 5) is 10.2. The molecule has 4 nitrogen and oxygen atoms in total. The van der Waals surface area contributed by atoms with Crippen LogP contribution < -0.4 is 5.32 Å². The molecular weight excluding hydrogens is 368 g/mol. The first kappa shape index (κ1) is 13.8. The van der Waals surface area contributed by atoms with Crippen LogP contribution in [0.1, 0.15) is 18.5 Å². The molecule has 0 bridgehead atoms. The smallest absolute Gasteiger partial charge is 0.194 e. The Bertz CT molecular complexity index is 761. The van der Waals surface area contributed by atoms with Crippen LogP contribution >= 0.6 is 39.0 Å². The number of aromatic nitrogens is 3. The molecule has 0 unspecified atom stereocenters. The summed E-state index contributed by atoms with van der Waals surface area (Å²) in [5, 5.41) is 7.67.